The van der Waals surface area contributed by atoms with Crippen LogP contribution in [0.2, 0.25) is 0 Å². The number of oxime groups is 1. The van der Waals surface area contributed by atoms with E-state index in [0.29, 0.717) is 5.56 Å². The van der Waals surface area contributed by atoms with Crippen LogP contribution in [-0.4, -0.2) is 41.0 Å². The summed E-state index contributed by atoms with van der Waals surface area (Å²) in [7, 11) is 3.48. The Morgan fingerprint density at radius 1 is 1.35 bits per heavy atom. The van der Waals surface area contributed by atoms with Crippen molar-refractivity contribution in [1.29, 1.82) is 5.26 Å². The maximum absolute atomic E-state index is 13.5. The number of hydrogen-bond donors (Lipinski definition) is 0. The summed E-state index contributed by atoms with van der Waals surface area (Å²) in [5.74, 6) is -0.875. The van der Waals surface area contributed by atoms with Gasteiger partial charge in [0, 0.05) is 19.7 Å². The normalized spacial score (nSPS) is 11.3. The van der Waals surface area contributed by atoms with E-state index in [1.165, 1.54) is 6.34 Å². The lowest BCUT2D eigenvalue weighted by Gasteiger charge is -2.03. The molecule has 0 aliphatic carbocycles. The standard InChI is InChI=1S/C15H13FN6O/c1-22(2)10-19-14-12(16)9-18-15(20-14)23-21-13(8-17)11-6-4-3-5-7-11/h3-7,9-10H,1-2H3/b19-10?,21-13+. The second-order valence-electron chi connectivity index (χ2n) is 4.54. The lowest BCUT2D eigenvalue weighted by atomic mass is 10.1. The molecule has 0 saturated carbocycles. The molecule has 0 spiro atoms. The van der Waals surface area contributed by atoms with Gasteiger partial charge in [0.25, 0.3) is 0 Å². The van der Waals surface area contributed by atoms with E-state index >= 15 is 0 Å². The summed E-state index contributed by atoms with van der Waals surface area (Å²) < 4.78 is 13.5. The molecule has 2 aromatic rings. The van der Waals surface area contributed by atoms with Crippen LogP contribution < -0.4 is 4.84 Å². The molecule has 116 valence electrons. The van der Waals surface area contributed by atoms with E-state index < -0.39 is 5.82 Å². The fourth-order valence-corrected chi connectivity index (χ4v) is 1.47. The summed E-state index contributed by atoms with van der Waals surface area (Å²) in [6.07, 6.45) is 2.32. The Hall–Kier alpha value is -3.34. The summed E-state index contributed by atoms with van der Waals surface area (Å²) >= 11 is 0. The molecule has 23 heavy (non-hydrogen) atoms. The average Bonchev–Trinajstić information content (AvgIpc) is 2.56. The zero-order valence-electron chi connectivity index (χ0n) is 12.5. The molecule has 8 heteroatoms. The summed E-state index contributed by atoms with van der Waals surface area (Å²) in [5, 5.41) is 12.8. The first-order chi connectivity index (χ1) is 11.1. The van der Waals surface area contributed by atoms with Gasteiger partial charge >= 0.3 is 6.01 Å². The molecule has 0 radical (unpaired) electrons. The number of nitriles is 1. The largest absolute Gasteiger partial charge is 0.369 e. The first-order valence-corrected chi connectivity index (χ1v) is 6.54. The van der Waals surface area contributed by atoms with Crippen LogP contribution in [0.5, 0.6) is 6.01 Å². The highest BCUT2D eigenvalue weighted by Gasteiger charge is 2.08. The van der Waals surface area contributed by atoms with Crippen LogP contribution >= 0.6 is 0 Å². The Labute approximate surface area is 132 Å². The molecular formula is C15H13FN6O. The van der Waals surface area contributed by atoms with Gasteiger partial charge < -0.3 is 9.74 Å². The molecule has 0 bridgehead atoms. The minimum atomic E-state index is -0.692. The molecule has 0 fully saturated rings. The minimum Gasteiger partial charge on any atom is -0.369 e. The first kappa shape index (κ1) is 16.0. The quantitative estimate of drug-likeness (QED) is 0.479. The third-order valence-electron chi connectivity index (χ3n) is 2.49. The second kappa shape index (κ2) is 7.61. The van der Waals surface area contributed by atoms with E-state index in [4.69, 9.17) is 10.1 Å². The van der Waals surface area contributed by atoms with Gasteiger partial charge in [-0.05, 0) is 0 Å². The summed E-state index contributed by atoms with van der Waals surface area (Å²) in [4.78, 5) is 17.9. The lowest BCUT2D eigenvalue weighted by Crippen LogP contribution is -2.07. The van der Waals surface area contributed by atoms with Crippen molar-refractivity contribution in [3.63, 3.8) is 0 Å². The molecule has 0 amide bonds. The van der Waals surface area contributed by atoms with E-state index in [1.807, 2.05) is 12.1 Å². The van der Waals surface area contributed by atoms with Gasteiger partial charge in [0.05, 0.1) is 12.5 Å². The van der Waals surface area contributed by atoms with Crippen LogP contribution in [0.1, 0.15) is 5.56 Å². The van der Waals surface area contributed by atoms with E-state index in [2.05, 4.69) is 20.1 Å². The molecule has 2 rings (SSSR count). The third kappa shape index (κ3) is 4.57. The van der Waals surface area contributed by atoms with Crippen LogP contribution in [0.25, 0.3) is 0 Å². The molecule has 0 saturated heterocycles. The van der Waals surface area contributed by atoms with Gasteiger partial charge in [-0.2, -0.15) is 15.2 Å². The highest BCUT2D eigenvalue weighted by atomic mass is 19.1. The number of rotatable bonds is 5. The second-order valence-corrected chi connectivity index (χ2v) is 4.54. The maximum atomic E-state index is 13.5. The van der Waals surface area contributed by atoms with Gasteiger partial charge in [0.1, 0.15) is 6.07 Å². The van der Waals surface area contributed by atoms with E-state index in [-0.39, 0.29) is 17.5 Å². The number of nitrogens with zero attached hydrogens (tertiary/aromatic N) is 6. The minimum absolute atomic E-state index is 0.0527. The monoisotopic (exact) mass is 312 g/mol. The van der Waals surface area contributed by atoms with Crippen molar-refractivity contribution in [1.82, 2.24) is 14.9 Å². The molecule has 0 aliphatic rings. The summed E-state index contributed by atoms with van der Waals surface area (Å²) in [5.41, 5.74) is 0.639. The van der Waals surface area contributed by atoms with Crippen LogP contribution in [0.15, 0.2) is 46.7 Å². The Balaban J connectivity index is 2.22. The van der Waals surface area contributed by atoms with E-state index in [9.17, 15) is 4.39 Å². The molecule has 0 N–H and O–H groups in total. The Bertz CT molecular complexity index is 767. The summed E-state index contributed by atoms with van der Waals surface area (Å²) in [6.45, 7) is 0. The van der Waals surface area contributed by atoms with Crippen LogP contribution in [0.3, 0.4) is 0 Å². The van der Waals surface area contributed by atoms with Crippen LogP contribution in [0, 0.1) is 17.1 Å². The van der Waals surface area contributed by atoms with Gasteiger partial charge in [-0.3, -0.25) is 0 Å². The molecule has 0 aliphatic heterocycles. The van der Waals surface area contributed by atoms with Gasteiger partial charge in [0.2, 0.25) is 0 Å². The fraction of sp³-hybridized carbons (Fsp3) is 0.133. The van der Waals surface area contributed by atoms with Gasteiger partial charge in [-0.15, -0.1) is 0 Å². The van der Waals surface area contributed by atoms with Crippen molar-refractivity contribution in [3.05, 3.63) is 47.9 Å². The molecular weight excluding hydrogens is 299 g/mol. The number of hydrogen-bond acceptors (Lipinski definition) is 6. The maximum Gasteiger partial charge on any atom is 0.347 e. The SMILES string of the molecule is CN(C)C=Nc1nc(O/N=C(\C#N)c2ccccc2)ncc1F. The smallest absolute Gasteiger partial charge is 0.347 e. The predicted octanol–water partition coefficient (Wildman–Crippen LogP) is 2.14. The number of aromatic nitrogens is 2. The van der Waals surface area contributed by atoms with Gasteiger partial charge in [-0.1, -0.05) is 35.5 Å². The number of aliphatic imine (C=N–C) groups is 1. The highest BCUT2D eigenvalue weighted by Crippen LogP contribution is 2.16. The highest BCUT2D eigenvalue weighted by molar-refractivity contribution is 6.11. The summed E-state index contributed by atoms with van der Waals surface area (Å²) in [6, 6.07) is 10.5. The third-order valence-corrected chi connectivity index (χ3v) is 2.49. The molecule has 0 unspecified atom stereocenters. The average molecular weight is 312 g/mol. The fourth-order valence-electron chi connectivity index (χ4n) is 1.47. The molecule has 0 atom stereocenters. The van der Waals surface area contributed by atoms with Gasteiger partial charge in [-0.25, -0.2) is 9.38 Å². The lowest BCUT2D eigenvalue weighted by molar-refractivity contribution is 0.312. The van der Waals surface area contributed by atoms with Crippen molar-refractivity contribution in [3.8, 4) is 12.1 Å². The number of halogens is 1. The first-order valence-electron chi connectivity index (χ1n) is 6.54. The van der Waals surface area contributed by atoms with Crippen molar-refractivity contribution in [2.45, 2.75) is 0 Å². The Kier molecular flexibility index (Phi) is 5.30. The molecule has 1 heterocycles. The zero-order chi connectivity index (χ0) is 16.7. The van der Waals surface area contributed by atoms with Crippen molar-refractivity contribution >= 4 is 17.9 Å². The van der Waals surface area contributed by atoms with Crippen molar-refractivity contribution in [2.24, 2.45) is 10.1 Å². The number of benzene rings is 1. The zero-order valence-corrected chi connectivity index (χ0v) is 12.5. The Morgan fingerprint density at radius 3 is 2.74 bits per heavy atom. The van der Waals surface area contributed by atoms with Crippen molar-refractivity contribution in [2.75, 3.05) is 14.1 Å². The van der Waals surface area contributed by atoms with E-state index in [0.717, 1.165) is 6.20 Å². The predicted molar refractivity (Wildman–Crippen MR) is 83.0 cm³/mol. The van der Waals surface area contributed by atoms with E-state index in [1.54, 1.807) is 43.3 Å². The van der Waals surface area contributed by atoms with Crippen LogP contribution in [-0.2, 0) is 0 Å². The Morgan fingerprint density at radius 2 is 2.09 bits per heavy atom. The van der Waals surface area contributed by atoms with Gasteiger partial charge in [0.15, 0.2) is 17.3 Å². The topological polar surface area (TPSA) is 86.8 Å². The van der Waals surface area contributed by atoms with Crippen LogP contribution in [0.4, 0.5) is 10.2 Å². The van der Waals surface area contributed by atoms with Crippen molar-refractivity contribution < 1.29 is 9.23 Å². The molecule has 7 nitrogen and oxygen atoms in total. The molecule has 1 aromatic carbocycles. The molecule has 1 aromatic heterocycles.